The van der Waals surface area contributed by atoms with E-state index >= 15 is 0 Å². The van der Waals surface area contributed by atoms with E-state index in [1.807, 2.05) is 0 Å². The quantitative estimate of drug-likeness (QED) is 0.895. The Kier molecular flexibility index (Phi) is 5.00. The van der Waals surface area contributed by atoms with Gasteiger partial charge in [0, 0.05) is 31.2 Å². The average Bonchev–Trinajstić information content (AvgIpc) is 2.39. The van der Waals surface area contributed by atoms with Crippen molar-refractivity contribution in [3.05, 3.63) is 35.9 Å². The summed E-state index contributed by atoms with van der Waals surface area (Å²) < 4.78 is 0. The van der Waals surface area contributed by atoms with Gasteiger partial charge in [-0.1, -0.05) is 44.2 Å². The van der Waals surface area contributed by atoms with Crippen molar-refractivity contribution in [3.8, 4) is 0 Å². The Morgan fingerprint density at radius 2 is 1.84 bits per heavy atom. The molecule has 2 nitrogen and oxygen atoms in total. The Bertz CT molecular complexity index is 372. The topological polar surface area (TPSA) is 15.3 Å². The van der Waals surface area contributed by atoms with Crippen LogP contribution >= 0.6 is 0 Å². The highest BCUT2D eigenvalue weighted by Gasteiger charge is 2.30. The lowest BCUT2D eigenvalue weighted by Crippen LogP contribution is -2.60. The van der Waals surface area contributed by atoms with E-state index in [-0.39, 0.29) is 0 Å². The van der Waals surface area contributed by atoms with E-state index in [0.29, 0.717) is 24.0 Å². The Morgan fingerprint density at radius 3 is 2.42 bits per heavy atom. The summed E-state index contributed by atoms with van der Waals surface area (Å²) >= 11 is 0. The van der Waals surface area contributed by atoms with E-state index in [0.717, 1.165) is 13.0 Å². The molecule has 2 atom stereocenters. The standard InChI is InChI=1S/C17H28N2/c1-13(2)17-12-19(14(3)4)16(11-18-17)10-15-8-6-5-7-9-15/h5-9,13-14,16-18H,10-12H2,1-4H3. The smallest absolute Gasteiger partial charge is 0.0264 e. The Morgan fingerprint density at radius 1 is 1.16 bits per heavy atom. The van der Waals surface area contributed by atoms with Crippen LogP contribution in [0.4, 0.5) is 0 Å². The van der Waals surface area contributed by atoms with Crippen LogP contribution in [0.15, 0.2) is 30.3 Å². The fraction of sp³-hybridized carbons (Fsp3) is 0.647. The molecule has 0 amide bonds. The molecule has 1 aromatic carbocycles. The largest absolute Gasteiger partial charge is 0.311 e. The van der Waals surface area contributed by atoms with Crippen molar-refractivity contribution < 1.29 is 0 Å². The predicted octanol–water partition coefficient (Wildman–Crippen LogP) is 2.94. The number of hydrogen-bond acceptors (Lipinski definition) is 2. The van der Waals surface area contributed by atoms with Crippen LogP contribution in [0.3, 0.4) is 0 Å². The van der Waals surface area contributed by atoms with E-state index in [1.165, 1.54) is 12.1 Å². The summed E-state index contributed by atoms with van der Waals surface area (Å²) in [6, 6.07) is 12.7. The highest BCUT2D eigenvalue weighted by Crippen LogP contribution is 2.18. The number of hydrogen-bond donors (Lipinski definition) is 1. The molecule has 0 bridgehead atoms. The minimum Gasteiger partial charge on any atom is -0.311 e. The summed E-state index contributed by atoms with van der Waals surface area (Å²) in [4.78, 5) is 2.67. The number of rotatable bonds is 4. The zero-order valence-electron chi connectivity index (χ0n) is 12.8. The molecule has 0 aromatic heterocycles. The van der Waals surface area contributed by atoms with Crippen molar-refractivity contribution in [2.45, 2.75) is 52.2 Å². The van der Waals surface area contributed by atoms with Gasteiger partial charge in [0.15, 0.2) is 0 Å². The monoisotopic (exact) mass is 260 g/mol. The summed E-state index contributed by atoms with van der Waals surface area (Å²) in [7, 11) is 0. The summed E-state index contributed by atoms with van der Waals surface area (Å²) in [5.41, 5.74) is 1.45. The minimum absolute atomic E-state index is 0.622. The third kappa shape index (κ3) is 3.80. The molecule has 19 heavy (non-hydrogen) atoms. The molecule has 1 aromatic rings. The average molecular weight is 260 g/mol. The predicted molar refractivity (Wildman–Crippen MR) is 82.4 cm³/mol. The van der Waals surface area contributed by atoms with Gasteiger partial charge >= 0.3 is 0 Å². The van der Waals surface area contributed by atoms with Crippen LogP contribution in [-0.2, 0) is 6.42 Å². The molecule has 1 N–H and O–H groups in total. The highest BCUT2D eigenvalue weighted by atomic mass is 15.2. The molecule has 2 unspecified atom stereocenters. The Labute approximate surface area is 118 Å². The van der Waals surface area contributed by atoms with Crippen LogP contribution in [0.1, 0.15) is 33.3 Å². The molecule has 0 spiro atoms. The molecule has 1 aliphatic rings. The second-order valence-electron chi connectivity index (χ2n) is 6.39. The lowest BCUT2D eigenvalue weighted by molar-refractivity contribution is 0.0832. The molecule has 1 heterocycles. The van der Waals surface area contributed by atoms with Gasteiger partial charge < -0.3 is 5.32 Å². The second-order valence-corrected chi connectivity index (χ2v) is 6.39. The van der Waals surface area contributed by atoms with Crippen LogP contribution < -0.4 is 5.32 Å². The van der Waals surface area contributed by atoms with Gasteiger partial charge in [-0.05, 0) is 31.7 Å². The Hall–Kier alpha value is -0.860. The third-order valence-corrected chi connectivity index (χ3v) is 4.27. The zero-order chi connectivity index (χ0) is 13.8. The maximum absolute atomic E-state index is 3.73. The fourth-order valence-electron chi connectivity index (χ4n) is 3.00. The first-order valence-electron chi connectivity index (χ1n) is 7.61. The van der Waals surface area contributed by atoms with Gasteiger partial charge in [0.25, 0.3) is 0 Å². The zero-order valence-corrected chi connectivity index (χ0v) is 12.8. The van der Waals surface area contributed by atoms with E-state index in [4.69, 9.17) is 0 Å². The fourth-order valence-corrected chi connectivity index (χ4v) is 3.00. The molecule has 0 aliphatic carbocycles. The molecule has 2 rings (SSSR count). The normalized spacial score (nSPS) is 25.2. The second kappa shape index (κ2) is 6.53. The highest BCUT2D eigenvalue weighted by molar-refractivity contribution is 5.16. The number of benzene rings is 1. The molecular formula is C17H28N2. The number of piperazine rings is 1. The number of nitrogens with one attached hydrogen (secondary N) is 1. The molecule has 0 radical (unpaired) electrons. The summed E-state index contributed by atoms with van der Waals surface area (Å²) in [5.74, 6) is 0.707. The van der Waals surface area contributed by atoms with Crippen molar-refractivity contribution in [1.82, 2.24) is 10.2 Å². The van der Waals surface area contributed by atoms with Gasteiger partial charge in [0.2, 0.25) is 0 Å². The lowest BCUT2D eigenvalue weighted by atomic mass is 9.95. The van der Waals surface area contributed by atoms with Crippen LogP contribution in [0.5, 0.6) is 0 Å². The third-order valence-electron chi connectivity index (χ3n) is 4.27. The number of nitrogens with zero attached hydrogens (tertiary/aromatic N) is 1. The van der Waals surface area contributed by atoms with Gasteiger partial charge in [-0.15, -0.1) is 0 Å². The van der Waals surface area contributed by atoms with Crippen molar-refractivity contribution in [1.29, 1.82) is 0 Å². The maximum atomic E-state index is 3.73. The van der Waals surface area contributed by atoms with Crippen LogP contribution in [0.25, 0.3) is 0 Å². The van der Waals surface area contributed by atoms with Crippen LogP contribution in [-0.4, -0.2) is 36.1 Å². The van der Waals surface area contributed by atoms with E-state index in [2.05, 4.69) is 68.2 Å². The summed E-state index contributed by atoms with van der Waals surface area (Å²) in [6.07, 6.45) is 1.15. The first kappa shape index (κ1) is 14.5. The molecule has 106 valence electrons. The molecular weight excluding hydrogens is 232 g/mol. The van der Waals surface area contributed by atoms with Crippen LogP contribution in [0.2, 0.25) is 0 Å². The van der Waals surface area contributed by atoms with Gasteiger partial charge in [-0.2, -0.15) is 0 Å². The SMILES string of the molecule is CC(C)C1CN(C(C)C)C(Cc2ccccc2)CN1. The Balaban J connectivity index is 2.03. The van der Waals surface area contributed by atoms with Crippen molar-refractivity contribution in [2.24, 2.45) is 5.92 Å². The van der Waals surface area contributed by atoms with E-state index < -0.39 is 0 Å². The first-order chi connectivity index (χ1) is 9.08. The summed E-state index contributed by atoms with van der Waals surface area (Å²) in [6.45, 7) is 11.5. The van der Waals surface area contributed by atoms with Crippen LogP contribution in [0, 0.1) is 5.92 Å². The maximum Gasteiger partial charge on any atom is 0.0264 e. The first-order valence-corrected chi connectivity index (χ1v) is 7.61. The van der Waals surface area contributed by atoms with E-state index in [1.54, 1.807) is 0 Å². The molecule has 1 fully saturated rings. The van der Waals surface area contributed by atoms with Gasteiger partial charge in [-0.25, -0.2) is 0 Å². The summed E-state index contributed by atoms with van der Waals surface area (Å²) in [5, 5.41) is 3.73. The van der Waals surface area contributed by atoms with E-state index in [9.17, 15) is 0 Å². The molecule has 1 saturated heterocycles. The molecule has 0 saturated carbocycles. The van der Waals surface area contributed by atoms with Gasteiger partial charge in [0.1, 0.15) is 0 Å². The molecule has 2 heteroatoms. The lowest BCUT2D eigenvalue weighted by Gasteiger charge is -2.44. The van der Waals surface area contributed by atoms with Crippen molar-refractivity contribution >= 4 is 0 Å². The van der Waals surface area contributed by atoms with Gasteiger partial charge in [0.05, 0.1) is 0 Å². The minimum atomic E-state index is 0.622. The van der Waals surface area contributed by atoms with Crippen molar-refractivity contribution in [3.63, 3.8) is 0 Å². The molecule has 1 aliphatic heterocycles. The van der Waals surface area contributed by atoms with Gasteiger partial charge in [-0.3, -0.25) is 4.90 Å². The van der Waals surface area contributed by atoms with Crippen molar-refractivity contribution in [2.75, 3.05) is 13.1 Å².